The van der Waals surface area contributed by atoms with E-state index in [1.54, 1.807) is 24.1 Å². The number of ether oxygens (including phenoxy) is 1. The Labute approximate surface area is 138 Å². The van der Waals surface area contributed by atoms with E-state index in [1.165, 1.54) is 0 Å². The summed E-state index contributed by atoms with van der Waals surface area (Å²) in [5, 5.41) is 0.630. The molecule has 0 aliphatic carbocycles. The number of nitrogens with zero attached hydrogens (tertiary/aromatic N) is 1. The molecule has 0 spiro atoms. The molecular formula is C15H24Cl2N2O2. The zero-order valence-electron chi connectivity index (χ0n) is 12.7. The van der Waals surface area contributed by atoms with Crippen molar-refractivity contribution < 1.29 is 9.53 Å². The van der Waals surface area contributed by atoms with Crippen LogP contribution in [0.15, 0.2) is 24.3 Å². The van der Waals surface area contributed by atoms with Gasteiger partial charge < -0.3 is 15.4 Å². The lowest BCUT2D eigenvalue weighted by Crippen LogP contribution is -2.46. The summed E-state index contributed by atoms with van der Waals surface area (Å²) in [6.07, 6.45) is 0.889. The number of amides is 1. The first kappa shape index (κ1) is 20.0. The highest BCUT2D eigenvalue weighted by atomic mass is 35.5. The Morgan fingerprint density at radius 3 is 2.71 bits per heavy atom. The molecule has 1 aromatic carbocycles. The van der Waals surface area contributed by atoms with Crippen molar-refractivity contribution in [2.24, 2.45) is 11.7 Å². The van der Waals surface area contributed by atoms with Gasteiger partial charge in [0.1, 0.15) is 12.4 Å². The van der Waals surface area contributed by atoms with Crippen molar-refractivity contribution in [1.29, 1.82) is 0 Å². The number of hydrogen-bond donors (Lipinski definition) is 1. The van der Waals surface area contributed by atoms with Crippen molar-refractivity contribution in [2.75, 3.05) is 20.2 Å². The number of carbonyl (C=O) groups excluding carboxylic acids is 1. The largest absolute Gasteiger partial charge is 0.492 e. The van der Waals surface area contributed by atoms with Gasteiger partial charge in [-0.2, -0.15) is 0 Å². The molecule has 0 saturated carbocycles. The zero-order valence-corrected chi connectivity index (χ0v) is 14.3. The van der Waals surface area contributed by atoms with Gasteiger partial charge >= 0.3 is 0 Å². The molecule has 4 nitrogen and oxygen atoms in total. The van der Waals surface area contributed by atoms with Crippen LogP contribution in [0.2, 0.25) is 5.02 Å². The molecule has 0 bridgehead atoms. The molecule has 0 radical (unpaired) electrons. The first-order chi connectivity index (χ1) is 9.45. The molecule has 1 amide bonds. The smallest absolute Gasteiger partial charge is 0.239 e. The fraction of sp³-hybridized carbons (Fsp3) is 0.533. The van der Waals surface area contributed by atoms with Crippen LogP contribution in [0.25, 0.3) is 0 Å². The van der Waals surface area contributed by atoms with E-state index in [1.807, 2.05) is 26.0 Å². The van der Waals surface area contributed by atoms with Crippen molar-refractivity contribution in [3.8, 4) is 5.75 Å². The van der Waals surface area contributed by atoms with Gasteiger partial charge in [0.05, 0.1) is 12.6 Å². The molecule has 0 saturated heterocycles. The number of halogens is 2. The first-order valence-corrected chi connectivity index (χ1v) is 7.22. The minimum Gasteiger partial charge on any atom is -0.492 e. The monoisotopic (exact) mass is 334 g/mol. The van der Waals surface area contributed by atoms with Crippen LogP contribution in [0.4, 0.5) is 0 Å². The van der Waals surface area contributed by atoms with Crippen LogP contribution < -0.4 is 10.5 Å². The van der Waals surface area contributed by atoms with Crippen LogP contribution in [-0.4, -0.2) is 37.0 Å². The normalized spacial score (nSPS) is 13.0. The average Bonchev–Trinajstić information content (AvgIpc) is 2.44. The van der Waals surface area contributed by atoms with Crippen LogP contribution in [0.5, 0.6) is 5.75 Å². The lowest BCUT2D eigenvalue weighted by molar-refractivity contribution is -0.132. The predicted molar refractivity (Wildman–Crippen MR) is 89.3 cm³/mol. The second-order valence-corrected chi connectivity index (χ2v) is 5.41. The Hall–Kier alpha value is -0.970. The van der Waals surface area contributed by atoms with Crippen LogP contribution >= 0.6 is 24.0 Å². The third kappa shape index (κ3) is 6.55. The third-order valence-electron chi connectivity index (χ3n) is 3.41. The molecule has 1 aromatic rings. The molecular weight excluding hydrogens is 311 g/mol. The highest BCUT2D eigenvalue weighted by Gasteiger charge is 2.22. The SMILES string of the molecule is CCC(C)C(N)C(=O)N(C)CCOc1cccc(Cl)c1.Cl. The van der Waals surface area contributed by atoms with Crippen LogP contribution in [0, 0.1) is 5.92 Å². The van der Waals surface area contributed by atoms with Gasteiger partial charge in [0.2, 0.25) is 5.91 Å². The summed E-state index contributed by atoms with van der Waals surface area (Å²) in [6.45, 7) is 4.92. The summed E-state index contributed by atoms with van der Waals surface area (Å²) >= 11 is 5.87. The summed E-state index contributed by atoms with van der Waals surface area (Å²) in [6, 6.07) is 6.74. The maximum atomic E-state index is 12.1. The number of carbonyl (C=O) groups is 1. The zero-order chi connectivity index (χ0) is 15.1. The maximum absolute atomic E-state index is 12.1. The van der Waals surface area contributed by atoms with E-state index in [0.717, 1.165) is 6.42 Å². The molecule has 120 valence electrons. The fourth-order valence-electron chi connectivity index (χ4n) is 1.72. The lowest BCUT2D eigenvalue weighted by Gasteiger charge is -2.24. The van der Waals surface area contributed by atoms with Gasteiger partial charge in [0.25, 0.3) is 0 Å². The van der Waals surface area contributed by atoms with Gasteiger partial charge in [-0.25, -0.2) is 0 Å². The third-order valence-corrected chi connectivity index (χ3v) is 3.64. The molecule has 0 heterocycles. The fourth-order valence-corrected chi connectivity index (χ4v) is 1.90. The summed E-state index contributed by atoms with van der Waals surface area (Å²) < 4.78 is 5.56. The van der Waals surface area contributed by atoms with Crippen molar-refractivity contribution in [1.82, 2.24) is 4.90 Å². The van der Waals surface area contributed by atoms with Gasteiger partial charge in [-0.3, -0.25) is 4.79 Å². The Kier molecular flexibility index (Phi) is 9.42. The molecule has 6 heteroatoms. The maximum Gasteiger partial charge on any atom is 0.239 e. The molecule has 2 atom stereocenters. The number of nitrogens with two attached hydrogens (primary N) is 1. The molecule has 0 fully saturated rings. The second kappa shape index (κ2) is 9.87. The number of benzene rings is 1. The van der Waals surface area contributed by atoms with Gasteiger partial charge in [-0.05, 0) is 24.1 Å². The minimum absolute atomic E-state index is 0. The summed E-state index contributed by atoms with van der Waals surface area (Å²) in [5.41, 5.74) is 5.93. The van der Waals surface area contributed by atoms with Crippen molar-refractivity contribution >= 4 is 29.9 Å². The highest BCUT2D eigenvalue weighted by Crippen LogP contribution is 2.17. The second-order valence-electron chi connectivity index (χ2n) is 4.98. The van der Waals surface area contributed by atoms with E-state index in [0.29, 0.717) is 23.9 Å². The van der Waals surface area contributed by atoms with E-state index in [-0.39, 0.29) is 24.2 Å². The van der Waals surface area contributed by atoms with Crippen molar-refractivity contribution in [3.63, 3.8) is 0 Å². The van der Waals surface area contributed by atoms with Gasteiger partial charge in [-0.1, -0.05) is 37.9 Å². The number of rotatable bonds is 7. The first-order valence-electron chi connectivity index (χ1n) is 6.84. The van der Waals surface area contributed by atoms with E-state index in [2.05, 4.69) is 0 Å². The Morgan fingerprint density at radius 2 is 2.14 bits per heavy atom. The molecule has 2 unspecified atom stereocenters. The molecule has 1 rings (SSSR count). The van der Waals surface area contributed by atoms with Crippen molar-refractivity contribution in [3.05, 3.63) is 29.3 Å². The molecule has 2 N–H and O–H groups in total. The van der Waals surface area contributed by atoms with Crippen LogP contribution in [-0.2, 0) is 4.79 Å². The Balaban J connectivity index is 0.00000400. The number of likely N-dealkylation sites (N-methyl/N-ethyl adjacent to an activating group) is 1. The van der Waals surface area contributed by atoms with Crippen molar-refractivity contribution in [2.45, 2.75) is 26.3 Å². The minimum atomic E-state index is -0.448. The summed E-state index contributed by atoms with van der Waals surface area (Å²) in [7, 11) is 1.74. The Bertz CT molecular complexity index is 443. The Morgan fingerprint density at radius 1 is 1.48 bits per heavy atom. The highest BCUT2D eigenvalue weighted by molar-refractivity contribution is 6.30. The van der Waals surface area contributed by atoms with E-state index >= 15 is 0 Å². The van der Waals surface area contributed by atoms with E-state index in [4.69, 9.17) is 22.1 Å². The lowest BCUT2D eigenvalue weighted by atomic mass is 9.99. The molecule has 0 aliphatic rings. The van der Waals surface area contributed by atoms with Gasteiger partial charge in [0.15, 0.2) is 0 Å². The predicted octanol–water partition coefficient (Wildman–Crippen LogP) is 2.97. The van der Waals surface area contributed by atoms with E-state index < -0.39 is 6.04 Å². The standard InChI is InChI=1S/C15H23ClN2O2.ClH/c1-4-11(2)14(17)15(19)18(3)8-9-20-13-7-5-6-12(16)10-13;/h5-7,10-11,14H,4,8-9,17H2,1-3H3;1H. The summed E-state index contributed by atoms with van der Waals surface area (Å²) in [4.78, 5) is 13.7. The molecule has 0 aliphatic heterocycles. The molecule has 0 aromatic heterocycles. The molecule has 21 heavy (non-hydrogen) atoms. The van der Waals surface area contributed by atoms with Crippen LogP contribution in [0.1, 0.15) is 20.3 Å². The van der Waals surface area contributed by atoms with Gasteiger partial charge in [-0.15, -0.1) is 12.4 Å². The van der Waals surface area contributed by atoms with Crippen LogP contribution in [0.3, 0.4) is 0 Å². The van der Waals surface area contributed by atoms with E-state index in [9.17, 15) is 4.79 Å². The average molecular weight is 335 g/mol. The summed E-state index contributed by atoms with van der Waals surface area (Å²) in [5.74, 6) is 0.831. The topological polar surface area (TPSA) is 55.6 Å². The van der Waals surface area contributed by atoms with Gasteiger partial charge in [0, 0.05) is 12.1 Å². The quantitative estimate of drug-likeness (QED) is 0.833. The number of hydrogen-bond acceptors (Lipinski definition) is 3.